The SMILES string of the molecule is CCCC(C)CC(c1cccc(C)c1)n1c(=O)ccc2cnc(Nc3ccc(N4CCN(C)CC4)cc3)nc21. The van der Waals surface area contributed by atoms with Crippen LogP contribution in [0.3, 0.4) is 0 Å². The highest BCUT2D eigenvalue weighted by molar-refractivity contribution is 5.76. The van der Waals surface area contributed by atoms with Gasteiger partial charge in [-0.15, -0.1) is 0 Å². The molecule has 5 rings (SSSR count). The molecule has 0 bridgehead atoms. The van der Waals surface area contributed by atoms with E-state index in [4.69, 9.17) is 4.98 Å². The van der Waals surface area contributed by atoms with Crippen molar-refractivity contribution >= 4 is 28.4 Å². The lowest BCUT2D eigenvalue weighted by Crippen LogP contribution is -2.44. The zero-order valence-electron chi connectivity index (χ0n) is 23.6. The summed E-state index contributed by atoms with van der Waals surface area (Å²) in [7, 11) is 2.17. The summed E-state index contributed by atoms with van der Waals surface area (Å²) in [6.07, 6.45) is 4.92. The van der Waals surface area contributed by atoms with Gasteiger partial charge in [-0.1, -0.05) is 56.5 Å². The molecule has 1 aliphatic heterocycles. The van der Waals surface area contributed by atoms with Crippen LogP contribution < -0.4 is 15.8 Å². The van der Waals surface area contributed by atoms with Crippen LogP contribution in [-0.4, -0.2) is 52.7 Å². The molecule has 0 saturated carbocycles. The van der Waals surface area contributed by atoms with E-state index in [0.29, 0.717) is 17.5 Å². The van der Waals surface area contributed by atoms with Gasteiger partial charge in [0.1, 0.15) is 5.65 Å². The smallest absolute Gasteiger partial charge is 0.252 e. The molecular weight excluding hydrogens is 484 g/mol. The standard InChI is InChI=1S/C32H40N6O/c1-5-7-23(2)21-29(25-9-6-8-24(3)20-25)38-30(39)15-10-26-22-33-32(35-31(26)38)34-27-11-13-28(14-12-27)37-18-16-36(4)17-19-37/h6,8-15,20,22-23,29H,5,7,16-19,21H2,1-4H3,(H,33,34,35). The third kappa shape index (κ3) is 6.31. The Morgan fingerprint density at radius 1 is 1.00 bits per heavy atom. The minimum atomic E-state index is -0.103. The average Bonchev–Trinajstić information content (AvgIpc) is 2.93. The first-order chi connectivity index (χ1) is 18.9. The van der Waals surface area contributed by atoms with Gasteiger partial charge in [-0.25, -0.2) is 4.98 Å². The van der Waals surface area contributed by atoms with Gasteiger partial charge < -0.3 is 15.1 Å². The van der Waals surface area contributed by atoms with Crippen LogP contribution in [0.1, 0.15) is 50.3 Å². The zero-order valence-corrected chi connectivity index (χ0v) is 23.6. The van der Waals surface area contributed by atoms with E-state index >= 15 is 0 Å². The first kappa shape index (κ1) is 26.9. The molecular formula is C32H40N6O. The third-order valence-corrected chi connectivity index (χ3v) is 7.80. The van der Waals surface area contributed by atoms with Gasteiger partial charge in [-0.2, -0.15) is 4.98 Å². The van der Waals surface area contributed by atoms with Crippen molar-refractivity contribution < 1.29 is 0 Å². The minimum absolute atomic E-state index is 0.0427. The summed E-state index contributed by atoms with van der Waals surface area (Å²) in [5.74, 6) is 0.958. The van der Waals surface area contributed by atoms with Gasteiger partial charge >= 0.3 is 0 Å². The lowest BCUT2D eigenvalue weighted by atomic mass is 9.92. The highest BCUT2D eigenvalue weighted by Crippen LogP contribution is 2.30. The Kier molecular flexibility index (Phi) is 8.27. The molecule has 4 aromatic rings. The molecule has 2 aromatic heterocycles. The Morgan fingerprint density at radius 2 is 1.77 bits per heavy atom. The van der Waals surface area contributed by atoms with Gasteiger partial charge in [0.15, 0.2) is 0 Å². The number of nitrogens with zero attached hydrogens (tertiary/aromatic N) is 5. The van der Waals surface area contributed by atoms with Crippen LogP contribution >= 0.6 is 0 Å². The first-order valence-electron chi connectivity index (χ1n) is 14.2. The molecule has 2 aromatic carbocycles. The lowest BCUT2D eigenvalue weighted by molar-refractivity contribution is 0.313. The summed E-state index contributed by atoms with van der Waals surface area (Å²) in [5, 5.41) is 4.22. The molecule has 39 heavy (non-hydrogen) atoms. The molecule has 0 spiro atoms. The van der Waals surface area contributed by atoms with E-state index in [2.05, 4.69) is 96.5 Å². The third-order valence-electron chi connectivity index (χ3n) is 7.80. The summed E-state index contributed by atoms with van der Waals surface area (Å²) in [6, 6.07) is 20.3. The van der Waals surface area contributed by atoms with Gasteiger partial charge in [0.2, 0.25) is 5.95 Å². The Labute approximate surface area is 231 Å². The summed E-state index contributed by atoms with van der Waals surface area (Å²) in [4.78, 5) is 27.7. The number of hydrogen-bond donors (Lipinski definition) is 1. The van der Waals surface area contributed by atoms with Crippen LogP contribution in [-0.2, 0) is 0 Å². The maximum absolute atomic E-state index is 13.4. The van der Waals surface area contributed by atoms with Crippen molar-refractivity contribution in [3.63, 3.8) is 0 Å². The lowest BCUT2D eigenvalue weighted by Gasteiger charge is -2.34. The fourth-order valence-electron chi connectivity index (χ4n) is 5.61. The summed E-state index contributed by atoms with van der Waals surface area (Å²) >= 11 is 0. The van der Waals surface area contributed by atoms with E-state index in [1.165, 1.54) is 11.3 Å². The number of nitrogens with one attached hydrogen (secondary N) is 1. The van der Waals surface area contributed by atoms with Crippen LogP contribution in [0.25, 0.3) is 11.0 Å². The second-order valence-corrected chi connectivity index (χ2v) is 11.0. The van der Waals surface area contributed by atoms with Crippen molar-refractivity contribution in [1.29, 1.82) is 0 Å². The second-order valence-electron chi connectivity index (χ2n) is 11.0. The number of rotatable bonds is 9. The number of fused-ring (bicyclic) bond motifs is 1. The van der Waals surface area contributed by atoms with Crippen LogP contribution in [0.2, 0.25) is 0 Å². The molecule has 2 unspecified atom stereocenters. The maximum Gasteiger partial charge on any atom is 0.252 e. The molecule has 1 fully saturated rings. The number of aryl methyl sites for hydroxylation is 1. The van der Waals surface area contributed by atoms with Crippen molar-refractivity contribution in [1.82, 2.24) is 19.4 Å². The minimum Gasteiger partial charge on any atom is -0.369 e. The summed E-state index contributed by atoms with van der Waals surface area (Å²) in [6.45, 7) is 10.8. The van der Waals surface area contributed by atoms with Gasteiger partial charge in [-0.05, 0) is 62.2 Å². The molecule has 7 nitrogen and oxygen atoms in total. The Bertz CT molecular complexity index is 1460. The quantitative estimate of drug-likeness (QED) is 0.289. The van der Waals surface area contributed by atoms with Crippen LogP contribution in [0.4, 0.5) is 17.3 Å². The van der Waals surface area contributed by atoms with Crippen LogP contribution in [0.5, 0.6) is 0 Å². The number of likely N-dealkylation sites (N-methyl/N-ethyl adjacent to an activating group) is 1. The summed E-state index contributed by atoms with van der Waals surface area (Å²) < 4.78 is 1.87. The Hall–Kier alpha value is -3.71. The number of piperazine rings is 1. The van der Waals surface area contributed by atoms with Crippen LogP contribution in [0, 0.1) is 12.8 Å². The van der Waals surface area contributed by atoms with E-state index in [9.17, 15) is 4.79 Å². The predicted octanol–water partition coefficient (Wildman–Crippen LogP) is 6.01. The molecule has 0 radical (unpaired) electrons. The topological polar surface area (TPSA) is 66.3 Å². The van der Waals surface area contributed by atoms with E-state index < -0.39 is 0 Å². The number of pyridine rings is 1. The highest BCUT2D eigenvalue weighted by atomic mass is 16.1. The second kappa shape index (κ2) is 12.0. The molecule has 204 valence electrons. The van der Waals surface area contributed by atoms with Crippen molar-refractivity contribution in [3.05, 3.63) is 88.3 Å². The van der Waals surface area contributed by atoms with E-state index in [1.54, 1.807) is 6.07 Å². The fourth-order valence-corrected chi connectivity index (χ4v) is 5.61. The normalized spacial score (nSPS) is 15.8. The summed E-state index contributed by atoms with van der Waals surface area (Å²) in [5.41, 5.74) is 5.09. The van der Waals surface area contributed by atoms with E-state index in [-0.39, 0.29) is 11.6 Å². The van der Waals surface area contributed by atoms with E-state index in [0.717, 1.165) is 62.1 Å². The molecule has 1 saturated heterocycles. The van der Waals surface area contributed by atoms with Crippen molar-refractivity contribution in [2.24, 2.45) is 5.92 Å². The van der Waals surface area contributed by atoms with Gasteiger partial charge in [-0.3, -0.25) is 9.36 Å². The highest BCUT2D eigenvalue weighted by Gasteiger charge is 2.22. The van der Waals surface area contributed by atoms with Crippen molar-refractivity contribution in [2.45, 2.75) is 46.1 Å². The largest absolute Gasteiger partial charge is 0.369 e. The Morgan fingerprint density at radius 3 is 2.49 bits per heavy atom. The van der Waals surface area contributed by atoms with Gasteiger partial charge in [0.05, 0.1) is 6.04 Å². The number of benzene rings is 2. The average molecular weight is 525 g/mol. The number of aromatic nitrogens is 3. The predicted molar refractivity (Wildman–Crippen MR) is 161 cm³/mol. The molecule has 7 heteroatoms. The zero-order chi connectivity index (χ0) is 27.4. The van der Waals surface area contributed by atoms with Crippen LogP contribution in [0.15, 0.2) is 71.7 Å². The monoisotopic (exact) mass is 524 g/mol. The number of hydrogen-bond acceptors (Lipinski definition) is 6. The van der Waals surface area contributed by atoms with Crippen molar-refractivity contribution in [3.8, 4) is 0 Å². The molecule has 1 aliphatic rings. The molecule has 2 atom stereocenters. The molecule has 0 amide bonds. The van der Waals surface area contributed by atoms with Gasteiger partial charge in [0.25, 0.3) is 5.56 Å². The molecule has 0 aliphatic carbocycles. The maximum atomic E-state index is 13.4. The fraction of sp³-hybridized carbons (Fsp3) is 0.406. The Balaban J connectivity index is 1.47. The van der Waals surface area contributed by atoms with E-state index in [1.807, 2.05) is 16.8 Å². The first-order valence-corrected chi connectivity index (χ1v) is 14.2. The van der Waals surface area contributed by atoms with Gasteiger partial charge in [0, 0.05) is 55.2 Å². The molecule has 3 heterocycles. The number of anilines is 3. The molecule has 1 N–H and O–H groups in total. The van der Waals surface area contributed by atoms with Crippen molar-refractivity contribution in [2.75, 3.05) is 43.4 Å².